The number of aryl methyl sites for hydroxylation is 1. The topological polar surface area (TPSA) is 67.6 Å². The third kappa shape index (κ3) is 3.21. The van der Waals surface area contributed by atoms with E-state index in [2.05, 4.69) is 33.6 Å². The molecule has 0 bridgehead atoms. The van der Waals surface area contributed by atoms with Gasteiger partial charge in [0.25, 0.3) is 0 Å². The summed E-state index contributed by atoms with van der Waals surface area (Å²) in [4.78, 5) is 14.5. The summed E-state index contributed by atoms with van der Waals surface area (Å²) in [5.41, 5.74) is 4.06. The highest BCUT2D eigenvalue weighted by Gasteiger charge is 2.33. The maximum Gasteiger partial charge on any atom is 0.325 e. The third-order valence-corrected chi connectivity index (χ3v) is 4.84. The van der Waals surface area contributed by atoms with Crippen LogP contribution >= 0.6 is 0 Å². The average molecular weight is 355 g/mol. The fraction of sp³-hybridized carbons (Fsp3) is 0.500. The Kier molecular flexibility index (Phi) is 4.23. The van der Waals surface area contributed by atoms with Gasteiger partial charge in [-0.05, 0) is 39.2 Å². The highest BCUT2D eigenvalue weighted by atomic mass is 16.6. The average Bonchev–Trinajstić information content (AvgIpc) is 3.05. The van der Waals surface area contributed by atoms with Crippen molar-refractivity contribution in [1.82, 2.24) is 10.5 Å². The Morgan fingerprint density at radius 3 is 2.92 bits per heavy atom. The Morgan fingerprint density at radius 1 is 1.31 bits per heavy atom. The van der Waals surface area contributed by atoms with Crippen molar-refractivity contribution in [3.8, 4) is 11.3 Å². The number of ether oxygens (including phenoxy) is 1. The third-order valence-electron chi connectivity index (χ3n) is 4.84. The molecule has 1 atom stereocenters. The van der Waals surface area contributed by atoms with Crippen LogP contribution in [0.2, 0.25) is 0 Å². The van der Waals surface area contributed by atoms with E-state index in [0.29, 0.717) is 13.1 Å². The van der Waals surface area contributed by atoms with Crippen molar-refractivity contribution in [3.63, 3.8) is 0 Å². The minimum atomic E-state index is -0.490. The summed E-state index contributed by atoms with van der Waals surface area (Å²) in [6.45, 7) is 7.66. The molecule has 2 aromatic rings. The number of nitrogens with one attached hydrogen (secondary N) is 1. The Morgan fingerprint density at radius 2 is 2.12 bits per heavy atom. The van der Waals surface area contributed by atoms with Crippen molar-refractivity contribution in [2.24, 2.45) is 0 Å². The first-order chi connectivity index (χ1) is 12.4. The molecule has 4 rings (SSSR count). The van der Waals surface area contributed by atoms with E-state index in [1.807, 2.05) is 26.8 Å². The molecule has 2 aliphatic rings. The van der Waals surface area contributed by atoms with Crippen LogP contribution in [0.25, 0.3) is 11.3 Å². The number of esters is 1. The molecule has 1 aromatic carbocycles. The van der Waals surface area contributed by atoms with Crippen LogP contribution in [0, 0.1) is 0 Å². The number of nitrogens with zero attached hydrogens (tertiary/aromatic N) is 2. The lowest BCUT2D eigenvalue weighted by Gasteiger charge is -2.34. The lowest BCUT2D eigenvalue weighted by molar-refractivity contribution is -0.157. The van der Waals surface area contributed by atoms with E-state index >= 15 is 0 Å². The van der Waals surface area contributed by atoms with Crippen LogP contribution < -0.4 is 10.2 Å². The lowest BCUT2D eigenvalue weighted by atomic mass is 9.90. The van der Waals surface area contributed by atoms with Crippen molar-refractivity contribution < 1.29 is 14.1 Å². The molecule has 1 saturated heterocycles. The Balaban J connectivity index is 1.56. The van der Waals surface area contributed by atoms with E-state index < -0.39 is 5.60 Å². The van der Waals surface area contributed by atoms with Crippen LogP contribution in [0.1, 0.15) is 31.9 Å². The molecule has 0 spiro atoms. The number of rotatable bonds is 2. The normalized spacial score (nSPS) is 19.7. The van der Waals surface area contributed by atoms with Gasteiger partial charge in [0, 0.05) is 30.8 Å². The molecule has 1 aliphatic carbocycles. The number of anilines is 1. The molecule has 0 radical (unpaired) electrons. The molecule has 1 fully saturated rings. The molecule has 26 heavy (non-hydrogen) atoms. The molecule has 138 valence electrons. The van der Waals surface area contributed by atoms with Gasteiger partial charge in [-0.15, -0.1) is 0 Å². The van der Waals surface area contributed by atoms with Gasteiger partial charge in [-0.25, -0.2) is 0 Å². The molecule has 1 unspecified atom stereocenters. The number of hydrogen-bond acceptors (Lipinski definition) is 6. The van der Waals surface area contributed by atoms with Gasteiger partial charge in [-0.2, -0.15) is 0 Å². The van der Waals surface area contributed by atoms with Crippen molar-refractivity contribution in [2.45, 2.75) is 45.3 Å². The molecule has 0 saturated carbocycles. The number of carbonyl (C=O) groups is 1. The van der Waals surface area contributed by atoms with Gasteiger partial charge in [-0.3, -0.25) is 4.79 Å². The lowest BCUT2D eigenvalue weighted by Crippen LogP contribution is -2.55. The predicted octanol–water partition coefficient (Wildman–Crippen LogP) is 2.56. The van der Waals surface area contributed by atoms with Gasteiger partial charge in [0.1, 0.15) is 17.3 Å². The summed E-state index contributed by atoms with van der Waals surface area (Å²) in [6, 6.07) is 7.98. The zero-order chi connectivity index (χ0) is 18.3. The van der Waals surface area contributed by atoms with Gasteiger partial charge in [0.05, 0.1) is 0 Å². The van der Waals surface area contributed by atoms with Gasteiger partial charge < -0.3 is 19.5 Å². The van der Waals surface area contributed by atoms with Crippen molar-refractivity contribution >= 4 is 11.9 Å². The number of hydrogen-bond donors (Lipinski definition) is 1. The largest absolute Gasteiger partial charge is 0.459 e. The number of aromatic nitrogens is 1. The maximum absolute atomic E-state index is 12.4. The van der Waals surface area contributed by atoms with E-state index in [1.165, 1.54) is 5.56 Å². The Labute approximate surface area is 153 Å². The molecule has 1 aromatic heterocycles. The smallest absolute Gasteiger partial charge is 0.325 e. The second-order valence-corrected chi connectivity index (χ2v) is 7.96. The standard InChI is InChI=1S/C20H25N3O3/c1-20(2,3)25-19(24)16-12-23(11-10-21-16)18-15-9-8-13-6-4-5-7-14(13)17(15)22-26-18/h4-7,16,21H,8-12H2,1-3H3. The fourth-order valence-corrected chi connectivity index (χ4v) is 3.68. The summed E-state index contributed by atoms with van der Waals surface area (Å²) < 4.78 is 11.3. The van der Waals surface area contributed by atoms with Crippen LogP contribution in [-0.4, -0.2) is 42.4 Å². The first-order valence-corrected chi connectivity index (χ1v) is 9.20. The van der Waals surface area contributed by atoms with Gasteiger partial charge >= 0.3 is 5.97 Å². The molecule has 2 heterocycles. The zero-order valence-corrected chi connectivity index (χ0v) is 15.5. The molecule has 1 N–H and O–H groups in total. The van der Waals surface area contributed by atoms with Crippen molar-refractivity contribution in [1.29, 1.82) is 0 Å². The first-order valence-electron chi connectivity index (χ1n) is 9.20. The van der Waals surface area contributed by atoms with Crippen LogP contribution in [0.5, 0.6) is 0 Å². The number of piperazine rings is 1. The van der Waals surface area contributed by atoms with Crippen molar-refractivity contribution in [3.05, 3.63) is 35.4 Å². The second kappa shape index (κ2) is 6.43. The molecular weight excluding hydrogens is 330 g/mol. The molecule has 1 aliphatic heterocycles. The second-order valence-electron chi connectivity index (χ2n) is 7.96. The van der Waals surface area contributed by atoms with E-state index in [9.17, 15) is 4.79 Å². The van der Waals surface area contributed by atoms with Gasteiger partial charge in [0.2, 0.25) is 5.88 Å². The van der Waals surface area contributed by atoms with E-state index in [4.69, 9.17) is 9.26 Å². The Hall–Kier alpha value is -2.34. The molecule has 6 heteroatoms. The fourth-order valence-electron chi connectivity index (χ4n) is 3.68. The Bertz CT molecular complexity index is 822. The van der Waals surface area contributed by atoms with Crippen LogP contribution in [-0.2, 0) is 22.4 Å². The van der Waals surface area contributed by atoms with E-state index in [0.717, 1.165) is 42.1 Å². The van der Waals surface area contributed by atoms with Crippen LogP contribution in [0.15, 0.2) is 28.8 Å². The van der Waals surface area contributed by atoms with Crippen LogP contribution in [0.3, 0.4) is 0 Å². The highest BCUT2D eigenvalue weighted by molar-refractivity contribution is 5.78. The predicted molar refractivity (Wildman–Crippen MR) is 99.2 cm³/mol. The molecular formula is C20H25N3O3. The summed E-state index contributed by atoms with van der Waals surface area (Å²) in [7, 11) is 0. The van der Waals surface area contributed by atoms with Gasteiger partial charge in [-0.1, -0.05) is 29.4 Å². The van der Waals surface area contributed by atoms with Crippen LogP contribution in [0.4, 0.5) is 5.88 Å². The number of benzene rings is 1. The summed E-state index contributed by atoms with van der Waals surface area (Å²) in [5.74, 6) is 0.575. The monoisotopic (exact) mass is 355 g/mol. The minimum Gasteiger partial charge on any atom is -0.459 e. The summed E-state index contributed by atoms with van der Waals surface area (Å²) >= 11 is 0. The maximum atomic E-state index is 12.4. The zero-order valence-electron chi connectivity index (χ0n) is 15.5. The first kappa shape index (κ1) is 17.1. The summed E-state index contributed by atoms with van der Waals surface area (Å²) in [6.07, 6.45) is 1.89. The molecule has 6 nitrogen and oxygen atoms in total. The highest BCUT2D eigenvalue weighted by Crippen LogP contribution is 2.38. The van der Waals surface area contributed by atoms with E-state index in [1.54, 1.807) is 0 Å². The minimum absolute atomic E-state index is 0.221. The van der Waals surface area contributed by atoms with E-state index in [-0.39, 0.29) is 12.0 Å². The van der Waals surface area contributed by atoms with Gasteiger partial charge in [0.15, 0.2) is 0 Å². The SMILES string of the molecule is CC(C)(C)OC(=O)C1CN(c2onc3c2CCc2ccccc2-3)CCN1. The quantitative estimate of drug-likeness (QED) is 0.835. The number of carbonyl (C=O) groups excluding carboxylic acids is 1. The van der Waals surface area contributed by atoms with Crippen molar-refractivity contribution in [2.75, 3.05) is 24.5 Å². The summed E-state index contributed by atoms with van der Waals surface area (Å²) in [5, 5.41) is 7.60. The number of fused-ring (bicyclic) bond motifs is 3. The molecule has 0 amide bonds.